The van der Waals surface area contributed by atoms with E-state index in [4.69, 9.17) is 5.11 Å². The van der Waals surface area contributed by atoms with Crippen molar-refractivity contribution in [2.75, 3.05) is 13.1 Å². The topological polar surface area (TPSA) is 57.6 Å². The van der Waals surface area contributed by atoms with Crippen LogP contribution in [0.25, 0.3) is 0 Å². The summed E-state index contributed by atoms with van der Waals surface area (Å²) in [6.45, 7) is 1.43. The second-order valence-corrected chi connectivity index (χ2v) is 8.15. The summed E-state index contributed by atoms with van der Waals surface area (Å²) in [5.74, 6) is -0.420. The molecular formula is C13H15Br2NO3S. The Morgan fingerprint density at radius 3 is 2.80 bits per heavy atom. The van der Waals surface area contributed by atoms with Gasteiger partial charge in [-0.15, -0.1) is 11.3 Å². The molecule has 7 heteroatoms. The molecule has 0 bridgehead atoms. The third-order valence-electron chi connectivity index (χ3n) is 3.43. The van der Waals surface area contributed by atoms with Crippen molar-refractivity contribution in [1.29, 1.82) is 0 Å². The maximum Gasteiger partial charge on any atom is 0.303 e. The SMILES string of the molecule is O=C(O)CCC1CCCN(C(=O)c2cc(Br)c(Br)s2)C1. The number of hydrogen-bond donors (Lipinski definition) is 1. The molecule has 1 aromatic heterocycles. The number of halogens is 2. The number of nitrogens with zero attached hydrogens (tertiary/aromatic N) is 1. The second kappa shape index (κ2) is 7.04. The van der Waals surface area contributed by atoms with Gasteiger partial charge in [-0.05, 0) is 63.1 Å². The Morgan fingerprint density at radius 1 is 1.45 bits per heavy atom. The summed E-state index contributed by atoms with van der Waals surface area (Å²) in [7, 11) is 0. The van der Waals surface area contributed by atoms with Crippen LogP contribution in [0.3, 0.4) is 0 Å². The van der Waals surface area contributed by atoms with Gasteiger partial charge in [0.05, 0.1) is 8.66 Å². The number of carbonyl (C=O) groups is 2. The number of thiophene rings is 1. The summed E-state index contributed by atoms with van der Waals surface area (Å²) in [6.07, 6.45) is 2.79. The molecule has 0 radical (unpaired) electrons. The molecule has 1 aliphatic rings. The smallest absolute Gasteiger partial charge is 0.303 e. The minimum absolute atomic E-state index is 0.0430. The van der Waals surface area contributed by atoms with Gasteiger partial charge in [-0.25, -0.2) is 0 Å². The van der Waals surface area contributed by atoms with Gasteiger partial charge in [-0.3, -0.25) is 9.59 Å². The van der Waals surface area contributed by atoms with Crippen LogP contribution >= 0.6 is 43.2 Å². The highest BCUT2D eigenvalue weighted by atomic mass is 79.9. The maximum atomic E-state index is 12.4. The van der Waals surface area contributed by atoms with E-state index in [1.807, 2.05) is 11.0 Å². The number of carboxylic acid groups (broad SMARTS) is 1. The number of likely N-dealkylation sites (tertiary alicyclic amines) is 1. The van der Waals surface area contributed by atoms with Gasteiger partial charge < -0.3 is 10.0 Å². The van der Waals surface area contributed by atoms with Crippen LogP contribution in [0.4, 0.5) is 0 Å². The molecule has 1 aliphatic heterocycles. The zero-order valence-electron chi connectivity index (χ0n) is 10.8. The molecule has 0 aromatic carbocycles. The van der Waals surface area contributed by atoms with Gasteiger partial charge >= 0.3 is 5.97 Å². The Hall–Kier alpha value is -0.400. The molecule has 1 amide bonds. The highest BCUT2D eigenvalue weighted by Crippen LogP contribution is 2.33. The molecule has 1 aromatic rings. The number of hydrogen-bond acceptors (Lipinski definition) is 3. The van der Waals surface area contributed by atoms with Crippen LogP contribution in [0.1, 0.15) is 35.4 Å². The first kappa shape index (κ1) is 16.0. The minimum atomic E-state index is -0.764. The fourth-order valence-electron chi connectivity index (χ4n) is 2.42. The van der Waals surface area contributed by atoms with Gasteiger partial charge in [-0.2, -0.15) is 0 Å². The van der Waals surface area contributed by atoms with Crippen molar-refractivity contribution in [3.63, 3.8) is 0 Å². The molecule has 1 fully saturated rings. The van der Waals surface area contributed by atoms with Gasteiger partial charge in [0.2, 0.25) is 0 Å². The number of piperidine rings is 1. The normalized spacial score (nSPS) is 19.1. The quantitative estimate of drug-likeness (QED) is 0.794. The van der Waals surface area contributed by atoms with Gasteiger partial charge in [0.25, 0.3) is 5.91 Å². The van der Waals surface area contributed by atoms with Crippen molar-refractivity contribution in [1.82, 2.24) is 4.90 Å². The van der Waals surface area contributed by atoms with E-state index < -0.39 is 5.97 Å². The van der Waals surface area contributed by atoms with Crippen LogP contribution in [0.15, 0.2) is 14.3 Å². The number of amides is 1. The lowest BCUT2D eigenvalue weighted by Crippen LogP contribution is -2.39. The van der Waals surface area contributed by atoms with Gasteiger partial charge in [0.15, 0.2) is 0 Å². The van der Waals surface area contributed by atoms with Gasteiger partial charge in [-0.1, -0.05) is 0 Å². The molecule has 2 rings (SSSR count). The zero-order valence-corrected chi connectivity index (χ0v) is 14.8. The lowest BCUT2D eigenvalue weighted by molar-refractivity contribution is -0.137. The Balaban J connectivity index is 1.97. The molecule has 0 aliphatic carbocycles. The van der Waals surface area contributed by atoms with E-state index in [-0.39, 0.29) is 12.3 Å². The molecule has 0 spiro atoms. The molecule has 20 heavy (non-hydrogen) atoms. The summed E-state index contributed by atoms with van der Waals surface area (Å²) in [6, 6.07) is 1.83. The van der Waals surface area contributed by atoms with Crippen molar-refractivity contribution in [2.24, 2.45) is 5.92 Å². The van der Waals surface area contributed by atoms with Crippen LogP contribution in [0, 0.1) is 5.92 Å². The van der Waals surface area contributed by atoms with E-state index in [9.17, 15) is 9.59 Å². The van der Waals surface area contributed by atoms with Crippen LogP contribution in [-0.4, -0.2) is 35.0 Å². The molecule has 0 saturated carbocycles. The van der Waals surface area contributed by atoms with E-state index in [2.05, 4.69) is 31.9 Å². The molecule has 1 unspecified atom stereocenters. The Bertz CT molecular complexity index is 498. The predicted molar refractivity (Wildman–Crippen MR) is 85.2 cm³/mol. The molecule has 1 atom stereocenters. The van der Waals surface area contributed by atoms with Crippen LogP contribution in [0.5, 0.6) is 0 Å². The monoisotopic (exact) mass is 423 g/mol. The largest absolute Gasteiger partial charge is 0.481 e. The Morgan fingerprint density at radius 2 is 2.20 bits per heavy atom. The van der Waals surface area contributed by atoms with E-state index in [0.717, 1.165) is 27.6 Å². The fourth-order valence-corrected chi connectivity index (χ4v) is 4.42. The summed E-state index contributed by atoms with van der Waals surface area (Å²) >= 11 is 8.21. The van der Waals surface area contributed by atoms with Crippen molar-refractivity contribution in [2.45, 2.75) is 25.7 Å². The Kier molecular flexibility index (Phi) is 5.63. The molecule has 2 heterocycles. The summed E-state index contributed by atoms with van der Waals surface area (Å²) < 4.78 is 1.81. The summed E-state index contributed by atoms with van der Waals surface area (Å²) in [4.78, 5) is 25.6. The molecule has 110 valence electrons. The van der Waals surface area contributed by atoms with Crippen LogP contribution < -0.4 is 0 Å². The van der Waals surface area contributed by atoms with Gasteiger partial charge in [0, 0.05) is 24.0 Å². The van der Waals surface area contributed by atoms with E-state index in [1.165, 1.54) is 11.3 Å². The van der Waals surface area contributed by atoms with Gasteiger partial charge in [0.1, 0.15) is 0 Å². The standard InChI is InChI=1S/C13H15Br2NO3S/c14-9-6-10(20-12(9)15)13(19)16-5-1-2-8(7-16)3-4-11(17)18/h6,8H,1-5,7H2,(H,17,18). The fraction of sp³-hybridized carbons (Fsp3) is 0.538. The second-order valence-electron chi connectivity index (χ2n) is 4.92. The highest BCUT2D eigenvalue weighted by molar-refractivity contribution is 9.13. The number of carboxylic acids is 1. The zero-order chi connectivity index (χ0) is 14.7. The average molecular weight is 425 g/mol. The van der Waals surface area contributed by atoms with E-state index >= 15 is 0 Å². The van der Waals surface area contributed by atoms with E-state index in [1.54, 1.807) is 0 Å². The predicted octanol–water partition coefficient (Wildman–Crippen LogP) is 3.99. The molecule has 1 saturated heterocycles. The summed E-state index contributed by atoms with van der Waals surface area (Å²) in [5.41, 5.74) is 0. The number of rotatable bonds is 4. The minimum Gasteiger partial charge on any atom is -0.481 e. The molecule has 4 nitrogen and oxygen atoms in total. The van der Waals surface area contributed by atoms with Crippen molar-refractivity contribution >= 4 is 55.1 Å². The Labute approximate surface area is 138 Å². The first-order valence-corrected chi connectivity index (χ1v) is 8.83. The lowest BCUT2D eigenvalue weighted by Gasteiger charge is -2.32. The van der Waals surface area contributed by atoms with Crippen molar-refractivity contribution in [3.8, 4) is 0 Å². The maximum absolute atomic E-state index is 12.4. The molecule has 1 N–H and O–H groups in total. The summed E-state index contributed by atoms with van der Waals surface area (Å²) in [5, 5.41) is 8.74. The van der Waals surface area contributed by atoms with E-state index in [0.29, 0.717) is 23.8 Å². The number of carbonyl (C=O) groups excluding carboxylic acids is 1. The third-order valence-corrected chi connectivity index (χ3v) is 6.67. The lowest BCUT2D eigenvalue weighted by atomic mass is 9.93. The first-order chi connectivity index (χ1) is 9.47. The number of aliphatic carboxylic acids is 1. The van der Waals surface area contributed by atoms with Crippen molar-refractivity contribution < 1.29 is 14.7 Å². The first-order valence-electron chi connectivity index (χ1n) is 6.43. The average Bonchev–Trinajstić information content (AvgIpc) is 2.76. The highest BCUT2D eigenvalue weighted by Gasteiger charge is 2.26. The van der Waals surface area contributed by atoms with Crippen LogP contribution in [-0.2, 0) is 4.79 Å². The molecular weight excluding hydrogens is 410 g/mol. The van der Waals surface area contributed by atoms with Crippen LogP contribution in [0.2, 0.25) is 0 Å². The van der Waals surface area contributed by atoms with Crippen molar-refractivity contribution in [3.05, 3.63) is 19.2 Å². The third kappa shape index (κ3) is 4.05.